The van der Waals surface area contributed by atoms with Crippen LogP contribution in [0.1, 0.15) is 6.92 Å². The first-order valence-corrected chi connectivity index (χ1v) is 7.48. The van der Waals surface area contributed by atoms with Crippen LogP contribution in [0.5, 0.6) is 0 Å². The van der Waals surface area contributed by atoms with E-state index in [-0.39, 0.29) is 4.99 Å². The van der Waals surface area contributed by atoms with Crippen molar-refractivity contribution in [3.05, 3.63) is 40.6 Å². The minimum absolute atomic E-state index is 0.162. The summed E-state index contributed by atoms with van der Waals surface area (Å²) in [5, 5.41) is 9.87. The standard InChI is InChI=1S/C15H17ClN4S/c1-11(14(10-17)15(18)21)19-6-8-20(9-7-19)13-4-2-12(16)3-5-13/h2-5H,6-9H2,1H3,(H2,18,21)/b14-11+. The van der Waals surface area contributed by atoms with Crippen molar-refractivity contribution in [3.63, 3.8) is 0 Å². The summed E-state index contributed by atoms with van der Waals surface area (Å²) in [6.45, 7) is 5.34. The van der Waals surface area contributed by atoms with Gasteiger partial charge in [-0.1, -0.05) is 23.8 Å². The summed E-state index contributed by atoms with van der Waals surface area (Å²) < 4.78 is 0. The van der Waals surface area contributed by atoms with Gasteiger partial charge in [-0.3, -0.25) is 0 Å². The van der Waals surface area contributed by atoms with E-state index in [2.05, 4.69) is 15.9 Å². The molecule has 1 fully saturated rings. The van der Waals surface area contributed by atoms with E-state index in [0.29, 0.717) is 5.57 Å². The first-order chi connectivity index (χ1) is 10.0. The van der Waals surface area contributed by atoms with Crippen LogP contribution in [-0.4, -0.2) is 36.1 Å². The van der Waals surface area contributed by atoms with E-state index in [1.54, 1.807) is 0 Å². The molecule has 1 aliphatic heterocycles. The van der Waals surface area contributed by atoms with Gasteiger partial charge in [0.2, 0.25) is 0 Å². The summed E-state index contributed by atoms with van der Waals surface area (Å²) >= 11 is 10.8. The van der Waals surface area contributed by atoms with Gasteiger partial charge < -0.3 is 15.5 Å². The first kappa shape index (κ1) is 15.6. The van der Waals surface area contributed by atoms with Gasteiger partial charge >= 0.3 is 0 Å². The Hall–Kier alpha value is -1.77. The third-order valence-corrected chi connectivity index (χ3v) is 4.12. The van der Waals surface area contributed by atoms with E-state index in [0.717, 1.165) is 42.6 Å². The maximum absolute atomic E-state index is 9.13. The Balaban J connectivity index is 2.05. The quantitative estimate of drug-likeness (QED) is 0.527. The van der Waals surface area contributed by atoms with Crippen molar-refractivity contribution in [2.24, 2.45) is 5.73 Å². The number of hydrogen-bond donors (Lipinski definition) is 1. The van der Waals surface area contributed by atoms with Crippen LogP contribution in [0.4, 0.5) is 5.69 Å². The largest absolute Gasteiger partial charge is 0.389 e. The summed E-state index contributed by atoms with van der Waals surface area (Å²) in [7, 11) is 0. The molecule has 0 aliphatic carbocycles. The Labute approximate surface area is 135 Å². The van der Waals surface area contributed by atoms with Crippen LogP contribution in [0.2, 0.25) is 5.02 Å². The van der Waals surface area contributed by atoms with Gasteiger partial charge in [-0.25, -0.2) is 0 Å². The molecular weight excluding hydrogens is 304 g/mol. The molecule has 0 saturated carbocycles. The fourth-order valence-electron chi connectivity index (χ4n) is 2.42. The summed E-state index contributed by atoms with van der Waals surface area (Å²) in [6, 6.07) is 9.94. The van der Waals surface area contributed by atoms with Crippen LogP contribution < -0.4 is 10.6 Å². The van der Waals surface area contributed by atoms with Crippen molar-refractivity contribution in [1.82, 2.24) is 4.90 Å². The zero-order chi connectivity index (χ0) is 15.4. The van der Waals surface area contributed by atoms with Crippen molar-refractivity contribution < 1.29 is 0 Å². The van der Waals surface area contributed by atoms with E-state index < -0.39 is 0 Å². The highest BCUT2D eigenvalue weighted by Gasteiger charge is 2.19. The highest BCUT2D eigenvalue weighted by Crippen LogP contribution is 2.21. The molecule has 1 aromatic carbocycles. The molecule has 0 radical (unpaired) electrons. The van der Waals surface area contributed by atoms with Crippen LogP contribution in [0.25, 0.3) is 0 Å². The third-order valence-electron chi connectivity index (χ3n) is 3.67. The number of hydrogen-bond acceptors (Lipinski definition) is 4. The Kier molecular flexibility index (Phi) is 5.05. The van der Waals surface area contributed by atoms with Gasteiger partial charge in [0.05, 0.1) is 0 Å². The number of piperazine rings is 1. The normalized spacial score (nSPS) is 16.2. The minimum atomic E-state index is 0.162. The van der Waals surface area contributed by atoms with Gasteiger partial charge in [-0.15, -0.1) is 0 Å². The van der Waals surface area contributed by atoms with E-state index in [1.165, 1.54) is 0 Å². The zero-order valence-corrected chi connectivity index (χ0v) is 13.4. The number of rotatable bonds is 3. The number of anilines is 1. The molecule has 1 heterocycles. The number of nitriles is 1. The molecule has 21 heavy (non-hydrogen) atoms. The third kappa shape index (κ3) is 3.66. The van der Waals surface area contributed by atoms with Gasteiger partial charge in [0.25, 0.3) is 0 Å². The molecule has 0 unspecified atom stereocenters. The maximum Gasteiger partial charge on any atom is 0.116 e. The average molecular weight is 321 g/mol. The minimum Gasteiger partial charge on any atom is -0.389 e. The second-order valence-corrected chi connectivity index (χ2v) is 5.76. The highest BCUT2D eigenvalue weighted by molar-refractivity contribution is 7.80. The Morgan fingerprint density at radius 1 is 1.24 bits per heavy atom. The Morgan fingerprint density at radius 3 is 2.29 bits per heavy atom. The number of halogens is 1. The maximum atomic E-state index is 9.13. The molecular formula is C15H17ClN4S. The number of nitrogens with two attached hydrogens (primary N) is 1. The van der Waals surface area contributed by atoms with Crippen molar-refractivity contribution in [2.75, 3.05) is 31.1 Å². The molecule has 0 atom stereocenters. The lowest BCUT2D eigenvalue weighted by Crippen LogP contribution is -2.46. The highest BCUT2D eigenvalue weighted by atomic mass is 35.5. The predicted octanol–water partition coefficient (Wildman–Crippen LogP) is 2.55. The second-order valence-electron chi connectivity index (χ2n) is 4.89. The number of benzene rings is 1. The number of thiocarbonyl (C=S) groups is 1. The summed E-state index contributed by atoms with van der Waals surface area (Å²) in [4.78, 5) is 4.62. The molecule has 0 bridgehead atoms. The molecule has 1 saturated heterocycles. The lowest BCUT2D eigenvalue weighted by atomic mass is 10.2. The molecule has 2 rings (SSSR count). The molecule has 6 heteroatoms. The Bertz CT molecular complexity index is 595. The van der Waals surface area contributed by atoms with E-state index in [4.69, 9.17) is 34.8 Å². The topological polar surface area (TPSA) is 56.3 Å². The molecule has 110 valence electrons. The summed E-state index contributed by atoms with van der Waals surface area (Å²) in [5.74, 6) is 0. The van der Waals surface area contributed by atoms with Gasteiger partial charge in [0.1, 0.15) is 16.6 Å². The fraction of sp³-hybridized carbons (Fsp3) is 0.333. The van der Waals surface area contributed by atoms with Gasteiger partial charge in [0, 0.05) is 42.6 Å². The van der Waals surface area contributed by atoms with Crippen LogP contribution in [-0.2, 0) is 0 Å². The lowest BCUT2D eigenvalue weighted by molar-refractivity contribution is 0.321. The average Bonchev–Trinajstić information content (AvgIpc) is 2.48. The number of allylic oxidation sites excluding steroid dienone is 1. The van der Waals surface area contributed by atoms with Crippen molar-refractivity contribution >= 4 is 34.5 Å². The molecule has 1 aromatic rings. The van der Waals surface area contributed by atoms with Crippen LogP contribution in [0.3, 0.4) is 0 Å². The second kappa shape index (κ2) is 6.79. The molecule has 4 nitrogen and oxygen atoms in total. The summed E-state index contributed by atoms with van der Waals surface area (Å²) in [5.41, 5.74) is 8.02. The van der Waals surface area contributed by atoms with Crippen molar-refractivity contribution in [3.8, 4) is 6.07 Å². The fourth-order valence-corrected chi connectivity index (χ4v) is 2.74. The van der Waals surface area contributed by atoms with Gasteiger partial charge in [-0.05, 0) is 31.2 Å². The van der Waals surface area contributed by atoms with Crippen LogP contribution >= 0.6 is 23.8 Å². The van der Waals surface area contributed by atoms with Gasteiger partial charge in [-0.2, -0.15) is 5.26 Å². The van der Waals surface area contributed by atoms with Crippen molar-refractivity contribution in [1.29, 1.82) is 5.26 Å². The predicted molar refractivity (Wildman–Crippen MR) is 90.3 cm³/mol. The Morgan fingerprint density at radius 2 is 1.81 bits per heavy atom. The molecule has 0 amide bonds. The van der Waals surface area contributed by atoms with Gasteiger partial charge in [0.15, 0.2) is 0 Å². The molecule has 0 aromatic heterocycles. The van der Waals surface area contributed by atoms with Crippen LogP contribution in [0, 0.1) is 11.3 Å². The van der Waals surface area contributed by atoms with E-state index in [9.17, 15) is 0 Å². The SMILES string of the molecule is C/C(=C(/C#N)C(N)=S)N1CCN(c2ccc(Cl)cc2)CC1. The molecule has 2 N–H and O–H groups in total. The van der Waals surface area contributed by atoms with E-state index in [1.807, 2.05) is 31.2 Å². The summed E-state index contributed by atoms with van der Waals surface area (Å²) in [6.07, 6.45) is 0. The molecule has 0 spiro atoms. The zero-order valence-electron chi connectivity index (χ0n) is 11.8. The number of nitrogens with zero attached hydrogens (tertiary/aromatic N) is 3. The lowest BCUT2D eigenvalue weighted by Gasteiger charge is -2.38. The van der Waals surface area contributed by atoms with Crippen molar-refractivity contribution in [2.45, 2.75) is 6.92 Å². The first-order valence-electron chi connectivity index (χ1n) is 6.69. The monoisotopic (exact) mass is 320 g/mol. The smallest absolute Gasteiger partial charge is 0.116 e. The molecule has 1 aliphatic rings. The van der Waals surface area contributed by atoms with E-state index >= 15 is 0 Å². The van der Waals surface area contributed by atoms with Crippen LogP contribution in [0.15, 0.2) is 35.5 Å².